The Kier molecular flexibility index (Phi) is 8.27. The van der Waals surface area contributed by atoms with Gasteiger partial charge in [0, 0.05) is 11.1 Å². The van der Waals surface area contributed by atoms with Crippen molar-refractivity contribution in [3.8, 4) is 0 Å². The van der Waals surface area contributed by atoms with Crippen molar-refractivity contribution < 1.29 is 9.90 Å². The van der Waals surface area contributed by atoms with E-state index in [-0.39, 0.29) is 5.78 Å². The maximum absolute atomic E-state index is 11.7. The number of carbonyl (C=O) groups is 1. The third-order valence-corrected chi connectivity index (χ3v) is 3.64. The lowest BCUT2D eigenvalue weighted by molar-refractivity contribution is 0.0191. The summed E-state index contributed by atoms with van der Waals surface area (Å²) in [6, 6.07) is 7.17. The van der Waals surface area contributed by atoms with E-state index in [2.05, 4.69) is 10.6 Å². The van der Waals surface area contributed by atoms with E-state index in [4.69, 9.17) is 5.73 Å². The Morgan fingerprint density at radius 3 is 2.55 bits per heavy atom. The summed E-state index contributed by atoms with van der Waals surface area (Å²) >= 11 is 0. The number of hydrogen-bond acceptors (Lipinski definition) is 5. The highest BCUT2D eigenvalue weighted by atomic mass is 16.3. The molecule has 0 saturated heterocycles. The molecule has 0 aliphatic carbocycles. The topological polar surface area (TPSA) is 87.4 Å². The van der Waals surface area contributed by atoms with Crippen LogP contribution >= 0.6 is 0 Å². The molecule has 0 saturated carbocycles. The molecule has 1 aromatic carbocycles. The van der Waals surface area contributed by atoms with Crippen LogP contribution in [-0.2, 0) is 5.72 Å². The van der Waals surface area contributed by atoms with Crippen molar-refractivity contribution in [1.82, 2.24) is 10.6 Å². The molecule has 0 spiro atoms. The van der Waals surface area contributed by atoms with E-state index in [0.717, 1.165) is 38.9 Å². The summed E-state index contributed by atoms with van der Waals surface area (Å²) in [5, 5.41) is 17.1. The lowest BCUT2D eigenvalue weighted by Crippen LogP contribution is -2.41. The highest BCUT2D eigenvalue weighted by molar-refractivity contribution is 5.95. The van der Waals surface area contributed by atoms with Crippen LogP contribution < -0.4 is 16.4 Å². The fraction of sp³-hybridized carbons (Fsp3) is 0.588. The molecule has 124 valence electrons. The molecule has 0 radical (unpaired) electrons. The number of benzene rings is 1. The predicted octanol–water partition coefficient (Wildman–Crippen LogP) is 1.36. The van der Waals surface area contributed by atoms with Gasteiger partial charge in [-0.3, -0.25) is 10.1 Å². The van der Waals surface area contributed by atoms with Crippen molar-refractivity contribution in [1.29, 1.82) is 0 Å². The molecule has 0 aliphatic heterocycles. The summed E-state index contributed by atoms with van der Waals surface area (Å²) in [6.45, 7) is 6.47. The zero-order valence-electron chi connectivity index (χ0n) is 13.7. The average Bonchev–Trinajstić information content (AvgIpc) is 2.50. The SMILES string of the molecule is CC(=O)c1ccccc1C(C)(O)NCCCNCCCCN. The quantitative estimate of drug-likeness (QED) is 0.282. The Bertz CT molecular complexity index is 461. The summed E-state index contributed by atoms with van der Waals surface area (Å²) in [5.41, 5.74) is 5.41. The second-order valence-corrected chi connectivity index (χ2v) is 5.70. The molecule has 5 nitrogen and oxygen atoms in total. The van der Waals surface area contributed by atoms with Gasteiger partial charge in [-0.25, -0.2) is 0 Å². The number of hydrogen-bond donors (Lipinski definition) is 4. The Morgan fingerprint density at radius 1 is 1.18 bits per heavy atom. The smallest absolute Gasteiger partial charge is 0.160 e. The number of ketones is 1. The van der Waals surface area contributed by atoms with Crippen LogP contribution in [0.15, 0.2) is 24.3 Å². The van der Waals surface area contributed by atoms with E-state index in [1.807, 2.05) is 12.1 Å². The second kappa shape index (κ2) is 9.69. The van der Waals surface area contributed by atoms with Crippen molar-refractivity contribution in [3.05, 3.63) is 35.4 Å². The minimum atomic E-state index is -1.21. The van der Waals surface area contributed by atoms with Crippen molar-refractivity contribution in [2.75, 3.05) is 26.2 Å². The summed E-state index contributed by atoms with van der Waals surface area (Å²) in [4.78, 5) is 11.7. The van der Waals surface area contributed by atoms with Gasteiger partial charge in [-0.15, -0.1) is 0 Å². The molecule has 0 aromatic heterocycles. The number of Topliss-reactive ketones (excluding diaryl/α,β-unsaturated/α-hetero) is 1. The number of rotatable bonds is 11. The minimum Gasteiger partial charge on any atom is -0.372 e. The number of nitrogens with two attached hydrogens (primary N) is 1. The molecule has 0 aliphatic rings. The van der Waals surface area contributed by atoms with Gasteiger partial charge in [0.15, 0.2) is 5.78 Å². The Morgan fingerprint density at radius 2 is 1.86 bits per heavy atom. The van der Waals surface area contributed by atoms with Crippen LogP contribution in [0.4, 0.5) is 0 Å². The van der Waals surface area contributed by atoms with Gasteiger partial charge in [0.1, 0.15) is 5.72 Å². The van der Waals surface area contributed by atoms with Crippen LogP contribution in [0.25, 0.3) is 0 Å². The Labute approximate surface area is 133 Å². The predicted molar refractivity (Wildman–Crippen MR) is 89.8 cm³/mol. The first kappa shape index (κ1) is 18.8. The first-order chi connectivity index (χ1) is 10.5. The van der Waals surface area contributed by atoms with Gasteiger partial charge in [-0.1, -0.05) is 24.3 Å². The van der Waals surface area contributed by atoms with Crippen molar-refractivity contribution in [2.24, 2.45) is 5.73 Å². The van der Waals surface area contributed by atoms with E-state index >= 15 is 0 Å². The number of carbonyl (C=O) groups excluding carboxylic acids is 1. The highest BCUT2D eigenvalue weighted by Gasteiger charge is 2.25. The van der Waals surface area contributed by atoms with Gasteiger partial charge in [-0.05, 0) is 59.3 Å². The van der Waals surface area contributed by atoms with E-state index < -0.39 is 5.72 Å². The zero-order chi connectivity index (χ0) is 16.4. The van der Waals surface area contributed by atoms with E-state index in [1.54, 1.807) is 19.1 Å². The summed E-state index contributed by atoms with van der Waals surface area (Å²) in [7, 11) is 0. The Hall–Kier alpha value is -1.27. The fourth-order valence-electron chi connectivity index (χ4n) is 2.37. The fourth-order valence-corrected chi connectivity index (χ4v) is 2.37. The third-order valence-electron chi connectivity index (χ3n) is 3.64. The van der Waals surface area contributed by atoms with Crippen LogP contribution in [0.1, 0.15) is 49.0 Å². The van der Waals surface area contributed by atoms with Crippen molar-refractivity contribution in [3.63, 3.8) is 0 Å². The molecule has 1 rings (SSSR count). The minimum absolute atomic E-state index is 0.0424. The van der Waals surface area contributed by atoms with Crippen LogP contribution in [0.2, 0.25) is 0 Å². The van der Waals surface area contributed by atoms with Crippen LogP contribution in [0.5, 0.6) is 0 Å². The normalized spacial score (nSPS) is 13.8. The van der Waals surface area contributed by atoms with Crippen molar-refractivity contribution in [2.45, 2.75) is 38.8 Å². The molecule has 1 aromatic rings. The highest BCUT2D eigenvalue weighted by Crippen LogP contribution is 2.22. The standard InChI is InChI=1S/C17H29N3O2/c1-14(21)15-8-3-4-9-16(15)17(2,22)20-13-7-12-19-11-6-5-10-18/h3-4,8-9,19-20,22H,5-7,10-13,18H2,1-2H3. The van der Waals surface area contributed by atoms with Crippen molar-refractivity contribution >= 4 is 5.78 Å². The molecular weight excluding hydrogens is 278 g/mol. The number of aliphatic hydroxyl groups is 1. The molecule has 0 amide bonds. The first-order valence-electron chi connectivity index (χ1n) is 7.97. The third kappa shape index (κ3) is 6.23. The lowest BCUT2D eigenvalue weighted by Gasteiger charge is -2.27. The lowest BCUT2D eigenvalue weighted by atomic mass is 9.96. The molecule has 1 unspecified atom stereocenters. The maximum Gasteiger partial charge on any atom is 0.160 e. The van der Waals surface area contributed by atoms with Gasteiger partial charge in [0.05, 0.1) is 0 Å². The van der Waals surface area contributed by atoms with Gasteiger partial charge in [-0.2, -0.15) is 0 Å². The van der Waals surface area contributed by atoms with E-state index in [1.165, 1.54) is 6.92 Å². The van der Waals surface area contributed by atoms with Gasteiger partial charge >= 0.3 is 0 Å². The van der Waals surface area contributed by atoms with Crippen LogP contribution in [-0.4, -0.2) is 37.1 Å². The maximum atomic E-state index is 11.7. The summed E-state index contributed by atoms with van der Waals surface area (Å²) in [5.74, 6) is -0.0424. The second-order valence-electron chi connectivity index (χ2n) is 5.70. The molecule has 22 heavy (non-hydrogen) atoms. The van der Waals surface area contributed by atoms with E-state index in [9.17, 15) is 9.90 Å². The summed E-state index contributed by atoms with van der Waals surface area (Å²) < 4.78 is 0. The monoisotopic (exact) mass is 307 g/mol. The van der Waals surface area contributed by atoms with E-state index in [0.29, 0.717) is 17.7 Å². The van der Waals surface area contributed by atoms with Gasteiger partial charge in [0.2, 0.25) is 0 Å². The molecule has 0 fully saturated rings. The average molecular weight is 307 g/mol. The molecule has 0 bridgehead atoms. The first-order valence-corrected chi connectivity index (χ1v) is 7.97. The zero-order valence-corrected chi connectivity index (χ0v) is 13.7. The molecule has 5 heteroatoms. The Balaban J connectivity index is 2.40. The van der Waals surface area contributed by atoms with Gasteiger partial charge < -0.3 is 16.2 Å². The largest absolute Gasteiger partial charge is 0.372 e. The number of unbranched alkanes of at least 4 members (excludes halogenated alkanes) is 1. The van der Waals surface area contributed by atoms with Crippen LogP contribution in [0.3, 0.4) is 0 Å². The van der Waals surface area contributed by atoms with Gasteiger partial charge in [0.25, 0.3) is 0 Å². The molecular formula is C17H29N3O2. The number of nitrogens with one attached hydrogen (secondary N) is 2. The molecule has 5 N–H and O–H groups in total. The van der Waals surface area contributed by atoms with Crippen LogP contribution in [0, 0.1) is 0 Å². The summed E-state index contributed by atoms with van der Waals surface area (Å²) in [6.07, 6.45) is 3.04. The molecule has 0 heterocycles. The molecule has 1 atom stereocenters.